The van der Waals surface area contributed by atoms with E-state index in [1.54, 1.807) is 12.4 Å². The van der Waals surface area contributed by atoms with Gasteiger partial charge < -0.3 is 10.6 Å². The SMILES string of the molecule is FC(F)(F)c1cc(NC(=S)NC2(c3ccncc3)CCCC2)ccc1Cl. The Hall–Kier alpha value is -1.86. The number of hydrogen-bond donors (Lipinski definition) is 2. The van der Waals surface area contributed by atoms with Crippen LogP contribution in [-0.2, 0) is 11.7 Å². The molecule has 0 radical (unpaired) electrons. The van der Waals surface area contributed by atoms with E-state index in [0.717, 1.165) is 37.3 Å². The van der Waals surface area contributed by atoms with Crippen LogP contribution in [0.25, 0.3) is 0 Å². The van der Waals surface area contributed by atoms with Crippen molar-refractivity contribution >= 4 is 34.6 Å². The number of halogens is 4. The second kappa shape index (κ2) is 7.40. The first-order valence-corrected chi connectivity index (χ1v) is 8.95. The summed E-state index contributed by atoms with van der Waals surface area (Å²) in [6.07, 6.45) is 2.83. The quantitative estimate of drug-likeness (QED) is 0.667. The van der Waals surface area contributed by atoms with Gasteiger partial charge in [0.25, 0.3) is 0 Å². The van der Waals surface area contributed by atoms with E-state index in [1.807, 2.05) is 12.1 Å². The minimum absolute atomic E-state index is 0.238. The van der Waals surface area contributed by atoms with Crippen molar-refractivity contribution in [1.29, 1.82) is 0 Å². The summed E-state index contributed by atoms with van der Waals surface area (Å²) >= 11 is 11.0. The zero-order chi connectivity index (χ0) is 18.8. The van der Waals surface area contributed by atoms with Gasteiger partial charge in [0.05, 0.1) is 16.1 Å². The van der Waals surface area contributed by atoms with E-state index in [0.29, 0.717) is 0 Å². The number of benzene rings is 1. The Morgan fingerprint density at radius 3 is 2.38 bits per heavy atom. The van der Waals surface area contributed by atoms with Gasteiger partial charge in [0.2, 0.25) is 0 Å². The summed E-state index contributed by atoms with van der Waals surface area (Å²) in [5.41, 5.74) is 0.0896. The van der Waals surface area contributed by atoms with Crippen LogP contribution in [0, 0.1) is 0 Å². The Morgan fingerprint density at radius 2 is 1.77 bits per heavy atom. The first-order valence-electron chi connectivity index (χ1n) is 8.17. The van der Waals surface area contributed by atoms with Gasteiger partial charge >= 0.3 is 6.18 Å². The van der Waals surface area contributed by atoms with Gasteiger partial charge in [-0.15, -0.1) is 0 Å². The predicted octanol–water partition coefficient (Wildman–Crippen LogP) is 5.51. The van der Waals surface area contributed by atoms with Crippen molar-refractivity contribution in [2.75, 3.05) is 5.32 Å². The van der Waals surface area contributed by atoms with E-state index in [9.17, 15) is 13.2 Å². The van der Waals surface area contributed by atoms with E-state index in [1.165, 1.54) is 12.1 Å². The van der Waals surface area contributed by atoms with E-state index in [-0.39, 0.29) is 21.4 Å². The van der Waals surface area contributed by atoms with Gasteiger partial charge in [-0.25, -0.2) is 0 Å². The van der Waals surface area contributed by atoms with Crippen LogP contribution in [0.1, 0.15) is 36.8 Å². The normalized spacial score (nSPS) is 16.3. The third-order valence-corrected chi connectivity index (χ3v) is 5.11. The van der Waals surface area contributed by atoms with Crippen LogP contribution in [0.2, 0.25) is 5.02 Å². The van der Waals surface area contributed by atoms with Crippen molar-refractivity contribution in [2.24, 2.45) is 0 Å². The van der Waals surface area contributed by atoms with E-state index >= 15 is 0 Å². The molecule has 1 saturated carbocycles. The molecular weight excluding hydrogens is 383 g/mol. The Balaban J connectivity index is 1.78. The maximum atomic E-state index is 13.0. The molecule has 0 aliphatic heterocycles. The van der Waals surface area contributed by atoms with Crippen LogP contribution in [-0.4, -0.2) is 10.1 Å². The topological polar surface area (TPSA) is 37.0 Å². The van der Waals surface area contributed by atoms with Crippen LogP contribution in [0.5, 0.6) is 0 Å². The molecule has 1 fully saturated rings. The number of hydrogen-bond acceptors (Lipinski definition) is 2. The molecule has 0 spiro atoms. The van der Waals surface area contributed by atoms with Crippen LogP contribution in [0.4, 0.5) is 18.9 Å². The molecule has 2 aromatic rings. The van der Waals surface area contributed by atoms with Crippen LogP contribution in [0.15, 0.2) is 42.7 Å². The fourth-order valence-electron chi connectivity index (χ4n) is 3.34. The van der Waals surface area contributed by atoms with Crippen molar-refractivity contribution in [2.45, 2.75) is 37.4 Å². The third-order valence-electron chi connectivity index (χ3n) is 4.57. The van der Waals surface area contributed by atoms with Gasteiger partial charge in [-0.1, -0.05) is 24.4 Å². The van der Waals surface area contributed by atoms with Crippen molar-refractivity contribution < 1.29 is 13.2 Å². The lowest BCUT2D eigenvalue weighted by molar-refractivity contribution is -0.137. The average molecular weight is 400 g/mol. The summed E-state index contributed by atoms with van der Waals surface area (Å²) in [5, 5.41) is 6.09. The molecule has 3 nitrogen and oxygen atoms in total. The van der Waals surface area contributed by atoms with E-state index < -0.39 is 11.7 Å². The largest absolute Gasteiger partial charge is 0.417 e. The summed E-state index contributed by atoms with van der Waals surface area (Å²) in [6.45, 7) is 0. The molecule has 0 saturated heterocycles. The third kappa shape index (κ3) is 4.10. The van der Waals surface area contributed by atoms with Crippen LogP contribution >= 0.6 is 23.8 Å². The lowest BCUT2D eigenvalue weighted by atomic mass is 9.89. The number of alkyl halides is 3. The van der Waals surface area contributed by atoms with Crippen molar-refractivity contribution in [3.63, 3.8) is 0 Å². The molecule has 1 aromatic carbocycles. The smallest absolute Gasteiger partial charge is 0.353 e. The molecule has 8 heteroatoms. The number of anilines is 1. The maximum absolute atomic E-state index is 13.0. The van der Waals surface area contributed by atoms with Gasteiger partial charge in [-0.3, -0.25) is 4.98 Å². The van der Waals surface area contributed by atoms with Crippen LogP contribution in [0.3, 0.4) is 0 Å². The molecular formula is C18H17ClF3N3S. The fraction of sp³-hybridized carbons (Fsp3) is 0.333. The molecule has 1 aromatic heterocycles. The summed E-state index contributed by atoms with van der Waals surface area (Å²) in [7, 11) is 0. The van der Waals surface area contributed by atoms with Crippen LogP contribution < -0.4 is 10.6 Å². The van der Waals surface area contributed by atoms with Gasteiger partial charge in [0.15, 0.2) is 5.11 Å². The number of thiocarbonyl (C=S) groups is 1. The maximum Gasteiger partial charge on any atom is 0.417 e. The van der Waals surface area contributed by atoms with Crippen molar-refractivity contribution in [1.82, 2.24) is 10.3 Å². The molecule has 3 rings (SSSR count). The van der Waals surface area contributed by atoms with E-state index in [4.69, 9.17) is 23.8 Å². The lowest BCUT2D eigenvalue weighted by Crippen LogP contribution is -2.45. The van der Waals surface area contributed by atoms with Crippen molar-refractivity contribution in [3.8, 4) is 0 Å². The fourth-order valence-corrected chi connectivity index (χ4v) is 3.87. The highest BCUT2D eigenvalue weighted by Gasteiger charge is 2.36. The Morgan fingerprint density at radius 1 is 1.12 bits per heavy atom. The van der Waals surface area contributed by atoms with Crippen molar-refractivity contribution in [3.05, 3.63) is 58.9 Å². The lowest BCUT2D eigenvalue weighted by Gasteiger charge is -2.32. The summed E-state index contributed by atoms with van der Waals surface area (Å²) in [5.74, 6) is 0. The first-order chi connectivity index (χ1) is 12.3. The molecule has 2 N–H and O–H groups in total. The standard InChI is InChI=1S/C18H17ClF3N3S/c19-15-4-3-13(11-14(15)18(20,21)22)24-16(26)25-17(7-1-2-8-17)12-5-9-23-10-6-12/h3-6,9-11H,1-2,7-8H2,(H2,24,25,26). The van der Waals surface area contributed by atoms with E-state index in [2.05, 4.69) is 15.6 Å². The summed E-state index contributed by atoms with van der Waals surface area (Å²) in [4.78, 5) is 4.04. The molecule has 0 unspecified atom stereocenters. The molecule has 1 heterocycles. The highest BCUT2D eigenvalue weighted by Crippen LogP contribution is 2.39. The number of nitrogens with zero attached hydrogens (tertiary/aromatic N) is 1. The first kappa shape index (κ1) is 18.9. The molecule has 1 aliphatic rings. The Bertz CT molecular complexity index is 790. The zero-order valence-electron chi connectivity index (χ0n) is 13.7. The van der Waals surface area contributed by atoms with Gasteiger partial charge in [0.1, 0.15) is 0 Å². The molecule has 0 atom stereocenters. The monoisotopic (exact) mass is 399 g/mol. The molecule has 0 bridgehead atoms. The number of rotatable bonds is 3. The second-order valence-electron chi connectivity index (χ2n) is 6.30. The molecule has 138 valence electrons. The summed E-state index contributed by atoms with van der Waals surface area (Å²) in [6, 6.07) is 7.52. The number of nitrogens with one attached hydrogen (secondary N) is 2. The Kier molecular flexibility index (Phi) is 5.39. The number of aromatic nitrogens is 1. The summed E-state index contributed by atoms with van der Waals surface area (Å²) < 4.78 is 39.0. The van der Waals surface area contributed by atoms with Gasteiger partial charge in [-0.05, 0) is 61.0 Å². The highest BCUT2D eigenvalue weighted by atomic mass is 35.5. The zero-order valence-corrected chi connectivity index (χ0v) is 15.3. The minimum Gasteiger partial charge on any atom is -0.353 e. The average Bonchev–Trinajstić information content (AvgIpc) is 3.06. The highest BCUT2D eigenvalue weighted by molar-refractivity contribution is 7.80. The molecule has 1 aliphatic carbocycles. The van der Waals surface area contributed by atoms with Gasteiger partial charge in [-0.2, -0.15) is 13.2 Å². The number of pyridine rings is 1. The minimum atomic E-state index is -4.52. The second-order valence-corrected chi connectivity index (χ2v) is 7.11. The molecule has 26 heavy (non-hydrogen) atoms. The Labute approximate surface area is 160 Å². The predicted molar refractivity (Wildman–Crippen MR) is 100 cm³/mol. The van der Waals surface area contributed by atoms with Gasteiger partial charge in [0, 0.05) is 18.1 Å². The molecule has 0 amide bonds.